The van der Waals surface area contributed by atoms with Gasteiger partial charge in [-0.05, 0) is 36.8 Å². The zero-order chi connectivity index (χ0) is 17.2. The van der Waals surface area contributed by atoms with Gasteiger partial charge in [0.2, 0.25) is 0 Å². The van der Waals surface area contributed by atoms with Crippen LogP contribution in [0.1, 0.15) is 24.2 Å². The lowest BCUT2D eigenvalue weighted by molar-refractivity contribution is -0.142. The lowest BCUT2D eigenvalue weighted by Crippen LogP contribution is -2.20. The largest absolute Gasteiger partial charge is 0.408 e. The number of fused-ring (bicyclic) bond motifs is 1. The Bertz CT molecular complexity index is 826. The van der Waals surface area contributed by atoms with Gasteiger partial charge in [-0.25, -0.2) is 0 Å². The van der Waals surface area contributed by atoms with Crippen molar-refractivity contribution >= 4 is 10.9 Å². The fourth-order valence-electron chi connectivity index (χ4n) is 2.51. The van der Waals surface area contributed by atoms with Gasteiger partial charge in [0.25, 0.3) is 0 Å². The first-order valence-electron chi connectivity index (χ1n) is 7.58. The van der Waals surface area contributed by atoms with Crippen LogP contribution in [0, 0.1) is 0 Å². The van der Waals surface area contributed by atoms with Crippen LogP contribution in [-0.2, 0) is 13.1 Å². The first-order valence-corrected chi connectivity index (χ1v) is 7.58. The van der Waals surface area contributed by atoms with E-state index in [1.165, 1.54) is 6.20 Å². The average Bonchev–Trinajstić information content (AvgIpc) is 2.97. The summed E-state index contributed by atoms with van der Waals surface area (Å²) in [6.07, 6.45) is -1.17. The van der Waals surface area contributed by atoms with Gasteiger partial charge in [-0.1, -0.05) is 12.1 Å². The Balaban J connectivity index is 1.63. The number of hydrogen-bond donors (Lipinski definition) is 1. The number of nitrogens with one attached hydrogen (secondary N) is 1. The monoisotopic (exact) mass is 334 g/mol. The Morgan fingerprint density at radius 3 is 2.83 bits per heavy atom. The molecule has 0 spiro atoms. The molecule has 0 radical (unpaired) electrons. The summed E-state index contributed by atoms with van der Waals surface area (Å²) >= 11 is 0. The van der Waals surface area contributed by atoms with Crippen LogP contribution in [0.3, 0.4) is 0 Å². The molecule has 0 fully saturated rings. The van der Waals surface area contributed by atoms with Crippen molar-refractivity contribution in [3.63, 3.8) is 0 Å². The van der Waals surface area contributed by atoms with Crippen molar-refractivity contribution in [3.05, 3.63) is 60.0 Å². The minimum absolute atomic E-state index is 0.0439. The molecular weight excluding hydrogens is 317 g/mol. The SMILES string of the molecule is CC(NCc1ccn(CC(F)(F)F)n1)c1ccc2ncccc2c1. The van der Waals surface area contributed by atoms with Crippen LogP contribution < -0.4 is 5.32 Å². The van der Waals surface area contributed by atoms with Gasteiger partial charge in [-0.15, -0.1) is 0 Å². The second kappa shape index (κ2) is 6.60. The summed E-state index contributed by atoms with van der Waals surface area (Å²) in [6.45, 7) is 1.33. The molecule has 3 aromatic rings. The van der Waals surface area contributed by atoms with Gasteiger partial charge in [-0.3, -0.25) is 9.67 Å². The topological polar surface area (TPSA) is 42.7 Å². The number of rotatable bonds is 5. The van der Waals surface area contributed by atoms with Crippen molar-refractivity contribution in [1.29, 1.82) is 0 Å². The van der Waals surface area contributed by atoms with Crippen molar-refractivity contribution in [2.75, 3.05) is 0 Å². The van der Waals surface area contributed by atoms with E-state index in [9.17, 15) is 13.2 Å². The van der Waals surface area contributed by atoms with Crippen LogP contribution in [0.5, 0.6) is 0 Å². The van der Waals surface area contributed by atoms with Gasteiger partial charge in [0.05, 0.1) is 11.2 Å². The molecule has 7 heteroatoms. The quantitative estimate of drug-likeness (QED) is 0.771. The van der Waals surface area contributed by atoms with Crippen LogP contribution in [0.4, 0.5) is 13.2 Å². The maximum Gasteiger partial charge on any atom is 0.408 e. The molecule has 0 saturated carbocycles. The summed E-state index contributed by atoms with van der Waals surface area (Å²) in [5, 5.41) is 8.27. The van der Waals surface area contributed by atoms with Crippen molar-refractivity contribution in [2.45, 2.75) is 32.2 Å². The van der Waals surface area contributed by atoms with Crippen LogP contribution in [0.25, 0.3) is 10.9 Å². The molecule has 1 atom stereocenters. The maximum atomic E-state index is 12.3. The van der Waals surface area contributed by atoms with Gasteiger partial charge in [0.15, 0.2) is 0 Å². The average molecular weight is 334 g/mol. The Kier molecular flexibility index (Phi) is 4.53. The van der Waals surface area contributed by atoms with Gasteiger partial charge in [0, 0.05) is 30.4 Å². The number of alkyl halides is 3. The summed E-state index contributed by atoms with van der Waals surface area (Å²) in [4.78, 5) is 4.28. The van der Waals surface area contributed by atoms with E-state index in [0.717, 1.165) is 21.1 Å². The highest BCUT2D eigenvalue weighted by Crippen LogP contribution is 2.19. The van der Waals surface area contributed by atoms with Crippen LogP contribution in [0.15, 0.2) is 48.8 Å². The zero-order valence-electron chi connectivity index (χ0n) is 13.1. The smallest absolute Gasteiger partial charge is 0.304 e. The third-order valence-electron chi connectivity index (χ3n) is 3.75. The van der Waals surface area contributed by atoms with E-state index in [-0.39, 0.29) is 6.04 Å². The lowest BCUT2D eigenvalue weighted by Gasteiger charge is -2.14. The van der Waals surface area contributed by atoms with Gasteiger partial charge >= 0.3 is 6.18 Å². The van der Waals surface area contributed by atoms with Crippen molar-refractivity contribution in [3.8, 4) is 0 Å². The molecule has 0 amide bonds. The second-order valence-corrected chi connectivity index (χ2v) is 5.68. The molecule has 0 aliphatic rings. The molecule has 24 heavy (non-hydrogen) atoms. The number of pyridine rings is 1. The Morgan fingerprint density at radius 1 is 1.21 bits per heavy atom. The minimum atomic E-state index is -4.26. The van der Waals surface area contributed by atoms with E-state index in [2.05, 4.69) is 21.5 Å². The molecule has 0 bridgehead atoms. The fraction of sp³-hybridized carbons (Fsp3) is 0.294. The summed E-state index contributed by atoms with van der Waals surface area (Å²) in [5.74, 6) is 0. The Morgan fingerprint density at radius 2 is 2.04 bits per heavy atom. The number of benzene rings is 1. The standard InChI is InChI=1S/C17H17F3N4/c1-12(13-4-5-16-14(9-13)3-2-7-21-16)22-10-15-6-8-24(23-15)11-17(18,19)20/h2-9,12,22H,10-11H2,1H3. The predicted molar refractivity (Wildman–Crippen MR) is 85.3 cm³/mol. The number of aromatic nitrogens is 3. The summed E-state index contributed by atoms with van der Waals surface area (Å²) < 4.78 is 37.9. The van der Waals surface area contributed by atoms with Crippen molar-refractivity contribution in [1.82, 2.24) is 20.1 Å². The molecule has 1 unspecified atom stereocenters. The zero-order valence-corrected chi connectivity index (χ0v) is 13.1. The molecule has 0 saturated heterocycles. The minimum Gasteiger partial charge on any atom is -0.304 e. The summed E-state index contributed by atoms with van der Waals surface area (Å²) in [5.41, 5.74) is 2.60. The molecule has 0 aliphatic carbocycles. The third kappa shape index (κ3) is 4.11. The van der Waals surface area contributed by atoms with E-state index in [1.807, 2.05) is 31.2 Å². The highest BCUT2D eigenvalue weighted by molar-refractivity contribution is 5.79. The molecule has 0 aliphatic heterocycles. The highest BCUT2D eigenvalue weighted by Gasteiger charge is 2.28. The number of nitrogens with zero attached hydrogens (tertiary/aromatic N) is 3. The van der Waals surface area contributed by atoms with E-state index in [4.69, 9.17) is 0 Å². The molecule has 2 aromatic heterocycles. The molecule has 3 rings (SSSR count). The van der Waals surface area contributed by atoms with E-state index in [1.54, 1.807) is 12.3 Å². The van der Waals surface area contributed by atoms with E-state index >= 15 is 0 Å². The van der Waals surface area contributed by atoms with Crippen LogP contribution >= 0.6 is 0 Å². The molecule has 2 heterocycles. The molecule has 126 valence electrons. The van der Waals surface area contributed by atoms with Gasteiger partial charge in [-0.2, -0.15) is 18.3 Å². The maximum absolute atomic E-state index is 12.3. The lowest BCUT2D eigenvalue weighted by atomic mass is 10.1. The summed E-state index contributed by atoms with van der Waals surface area (Å²) in [6, 6.07) is 11.5. The normalized spacial score (nSPS) is 13.3. The fourth-order valence-corrected chi connectivity index (χ4v) is 2.51. The first-order chi connectivity index (χ1) is 11.4. The van der Waals surface area contributed by atoms with Gasteiger partial charge in [0.1, 0.15) is 6.54 Å². The number of halogens is 3. The molecule has 1 N–H and O–H groups in total. The predicted octanol–water partition coefficient (Wildman–Crippen LogP) is 3.84. The third-order valence-corrected chi connectivity index (χ3v) is 3.75. The second-order valence-electron chi connectivity index (χ2n) is 5.68. The summed E-state index contributed by atoms with van der Waals surface area (Å²) in [7, 11) is 0. The van der Waals surface area contributed by atoms with Crippen molar-refractivity contribution < 1.29 is 13.2 Å². The molecule has 4 nitrogen and oxygen atoms in total. The Hall–Kier alpha value is -2.41. The Labute approximate surface area is 137 Å². The molecule has 1 aromatic carbocycles. The van der Waals surface area contributed by atoms with Crippen molar-refractivity contribution in [2.24, 2.45) is 0 Å². The van der Waals surface area contributed by atoms with E-state index < -0.39 is 12.7 Å². The first kappa shape index (κ1) is 16.4. The van der Waals surface area contributed by atoms with Crippen LogP contribution in [-0.4, -0.2) is 20.9 Å². The van der Waals surface area contributed by atoms with E-state index in [0.29, 0.717) is 12.2 Å². The number of hydrogen-bond acceptors (Lipinski definition) is 3. The molecular formula is C17H17F3N4. The van der Waals surface area contributed by atoms with Crippen LogP contribution in [0.2, 0.25) is 0 Å². The highest BCUT2D eigenvalue weighted by atomic mass is 19.4. The van der Waals surface area contributed by atoms with Gasteiger partial charge < -0.3 is 5.32 Å².